The number of allylic oxidation sites excluding steroid dienone is 4. The van der Waals surface area contributed by atoms with Gasteiger partial charge in [0.2, 0.25) is 5.91 Å². The van der Waals surface area contributed by atoms with Gasteiger partial charge in [0.15, 0.2) is 5.17 Å². The van der Waals surface area contributed by atoms with Crippen LogP contribution in [0.25, 0.3) is 17.4 Å². The van der Waals surface area contributed by atoms with Crippen LogP contribution in [0.1, 0.15) is 45.8 Å². The highest BCUT2D eigenvalue weighted by molar-refractivity contribution is 8.14. The molecule has 2 N–H and O–H groups in total. The number of carbonyl (C=O) groups is 4. The first kappa shape index (κ1) is 34.3. The Morgan fingerprint density at radius 2 is 1.67 bits per heavy atom. The number of carbonyl (C=O) groups excluding carboxylic acids is 3. The van der Waals surface area contributed by atoms with Crippen LogP contribution in [0.5, 0.6) is 0 Å². The summed E-state index contributed by atoms with van der Waals surface area (Å²) in [7, 11) is 0. The molecule has 49 heavy (non-hydrogen) atoms. The number of aliphatic imine (C=N–C) groups is 1. The quantitative estimate of drug-likeness (QED) is 0.0969. The maximum Gasteiger partial charge on any atom is 0.335 e. The van der Waals surface area contributed by atoms with Gasteiger partial charge in [-0.1, -0.05) is 103 Å². The van der Waals surface area contributed by atoms with E-state index in [4.69, 9.17) is 4.42 Å². The average molecular weight is 672 g/mol. The van der Waals surface area contributed by atoms with E-state index in [1.165, 1.54) is 23.1 Å². The molecule has 0 saturated carbocycles. The number of rotatable bonds is 11. The Morgan fingerprint density at radius 1 is 1.00 bits per heavy atom. The predicted octanol–water partition coefficient (Wildman–Crippen LogP) is 7.35. The Kier molecular flexibility index (Phi) is 11.0. The van der Waals surface area contributed by atoms with Gasteiger partial charge < -0.3 is 14.8 Å². The predicted molar refractivity (Wildman–Crippen MR) is 192 cm³/mol. The van der Waals surface area contributed by atoms with Gasteiger partial charge in [-0.15, -0.1) is 0 Å². The van der Waals surface area contributed by atoms with E-state index in [1.54, 1.807) is 56.4 Å². The molecule has 3 aromatic carbocycles. The second-order valence-electron chi connectivity index (χ2n) is 10.9. The van der Waals surface area contributed by atoms with Gasteiger partial charge in [-0.25, -0.2) is 4.79 Å². The molecule has 4 aromatic rings. The largest absolute Gasteiger partial charge is 0.478 e. The zero-order valence-electron chi connectivity index (χ0n) is 26.8. The van der Waals surface area contributed by atoms with Crippen molar-refractivity contribution in [2.75, 3.05) is 5.75 Å². The van der Waals surface area contributed by atoms with E-state index in [1.807, 2.05) is 60.7 Å². The number of amides is 3. The maximum absolute atomic E-state index is 14.0. The molecule has 1 aromatic heterocycles. The Balaban J connectivity index is 1.41. The molecule has 10 heteroatoms. The average Bonchev–Trinajstić information content (AvgIpc) is 3.58. The van der Waals surface area contributed by atoms with Crippen molar-refractivity contribution in [1.29, 1.82) is 0 Å². The Bertz CT molecular complexity index is 1990. The highest BCUT2D eigenvalue weighted by Crippen LogP contribution is 2.30. The molecule has 0 fully saturated rings. The number of amidine groups is 1. The highest BCUT2D eigenvalue weighted by atomic mass is 32.2. The molecule has 2 heterocycles. The summed E-state index contributed by atoms with van der Waals surface area (Å²) in [5, 5.41) is 12.4. The first-order chi connectivity index (χ1) is 23.7. The third-order valence-corrected chi connectivity index (χ3v) is 8.50. The fourth-order valence-corrected chi connectivity index (χ4v) is 5.99. The second-order valence-corrected chi connectivity index (χ2v) is 11.8. The fraction of sp³-hybridized carbons (Fsp3) is 0.103. The Hall–Kier alpha value is -6.00. The van der Waals surface area contributed by atoms with Gasteiger partial charge in [0.25, 0.3) is 11.8 Å². The molecule has 1 aliphatic heterocycles. The highest BCUT2D eigenvalue weighted by Gasteiger charge is 2.35. The van der Waals surface area contributed by atoms with Gasteiger partial charge >= 0.3 is 5.97 Å². The third kappa shape index (κ3) is 8.11. The van der Waals surface area contributed by atoms with Crippen LogP contribution in [-0.2, 0) is 14.4 Å². The summed E-state index contributed by atoms with van der Waals surface area (Å²) in [5.74, 6) is -2.22. The van der Waals surface area contributed by atoms with Crippen LogP contribution < -0.4 is 5.32 Å². The van der Waals surface area contributed by atoms with Crippen molar-refractivity contribution in [2.45, 2.75) is 19.9 Å². The number of hydrogen-bond acceptors (Lipinski definition) is 6. The molecule has 0 spiro atoms. The molecule has 3 amide bonds. The van der Waals surface area contributed by atoms with Crippen LogP contribution in [0.2, 0.25) is 0 Å². The number of carboxylic acids is 1. The Labute approximate surface area is 288 Å². The van der Waals surface area contributed by atoms with Gasteiger partial charge in [0.1, 0.15) is 17.1 Å². The number of nitrogens with zero attached hydrogens (tertiary/aromatic N) is 2. The zero-order valence-corrected chi connectivity index (χ0v) is 27.6. The molecule has 5 rings (SSSR count). The lowest BCUT2D eigenvalue weighted by molar-refractivity contribution is -0.126. The summed E-state index contributed by atoms with van der Waals surface area (Å²) in [4.78, 5) is 57.6. The minimum atomic E-state index is -1.04. The molecule has 0 unspecified atom stereocenters. The standard InChI is InChI=1S/C39H33N3O6S/c1-4-6-17-29(5-2)42-37(45)32(23-30-19-21-33(48-30)31-20-18-28(38(46)47)22-25(31)3)36(44)41-39(42)49-24-34(43)40-35(26-13-9-7-10-14-26)27-15-11-8-12-16-27/h4-23,35H,1,24H2,2-3H3,(H,40,43)(H,46,47)/b17-6-,29-5+,32-23+. The number of carboxylic acid groups (broad SMARTS) is 1. The van der Waals surface area contributed by atoms with Gasteiger partial charge in [-0.3, -0.25) is 19.3 Å². The molecular weight excluding hydrogens is 639 g/mol. The van der Waals surface area contributed by atoms with E-state index in [-0.39, 0.29) is 33.7 Å². The Morgan fingerprint density at radius 3 is 2.27 bits per heavy atom. The normalized spacial score (nSPS) is 14.4. The van der Waals surface area contributed by atoms with E-state index < -0.39 is 23.8 Å². The number of aromatic carboxylic acids is 1. The van der Waals surface area contributed by atoms with E-state index in [2.05, 4.69) is 16.9 Å². The fourth-order valence-electron chi connectivity index (χ4n) is 5.18. The lowest BCUT2D eigenvalue weighted by Gasteiger charge is -2.28. The van der Waals surface area contributed by atoms with Crippen molar-refractivity contribution >= 4 is 46.7 Å². The van der Waals surface area contributed by atoms with Gasteiger partial charge in [0.05, 0.1) is 17.4 Å². The summed E-state index contributed by atoms with van der Waals surface area (Å²) < 4.78 is 5.96. The second kappa shape index (κ2) is 15.7. The monoisotopic (exact) mass is 671 g/mol. The lowest BCUT2D eigenvalue weighted by atomic mass is 9.99. The number of benzene rings is 3. The topological polar surface area (TPSA) is 129 Å². The van der Waals surface area contributed by atoms with Crippen LogP contribution in [0.4, 0.5) is 0 Å². The number of aryl methyl sites for hydroxylation is 1. The van der Waals surface area contributed by atoms with E-state index in [0.29, 0.717) is 22.6 Å². The van der Waals surface area contributed by atoms with Crippen LogP contribution in [-0.4, -0.2) is 44.6 Å². The zero-order chi connectivity index (χ0) is 34.9. The van der Waals surface area contributed by atoms with Crippen LogP contribution in [0.15, 0.2) is 143 Å². The minimum absolute atomic E-state index is 0.0503. The number of hydrogen-bond donors (Lipinski definition) is 2. The SMILES string of the molecule is C=C/C=C\C(=C/C)N1C(=O)/C(=C/c2ccc(-c3ccc(C(=O)O)cc3C)o2)C(=O)N=C1SCC(=O)NC(c1ccccc1)c1ccccc1. The van der Waals surface area contributed by atoms with Crippen molar-refractivity contribution < 1.29 is 28.7 Å². The van der Waals surface area contributed by atoms with E-state index in [0.717, 1.165) is 22.9 Å². The summed E-state index contributed by atoms with van der Waals surface area (Å²) in [6.07, 6.45) is 7.88. The number of furan rings is 1. The van der Waals surface area contributed by atoms with Crippen molar-refractivity contribution in [3.63, 3.8) is 0 Å². The molecule has 0 atom stereocenters. The van der Waals surface area contributed by atoms with Crippen molar-refractivity contribution in [3.8, 4) is 11.3 Å². The van der Waals surface area contributed by atoms with E-state index in [9.17, 15) is 24.3 Å². The molecule has 0 aliphatic carbocycles. The summed E-state index contributed by atoms with van der Waals surface area (Å²) in [6.45, 7) is 7.21. The smallest absolute Gasteiger partial charge is 0.335 e. The van der Waals surface area contributed by atoms with Crippen molar-refractivity contribution in [2.24, 2.45) is 4.99 Å². The number of thioether (sulfide) groups is 1. The first-order valence-corrected chi connectivity index (χ1v) is 16.3. The molecule has 0 radical (unpaired) electrons. The van der Waals surface area contributed by atoms with Crippen molar-refractivity contribution in [1.82, 2.24) is 10.2 Å². The molecule has 9 nitrogen and oxygen atoms in total. The van der Waals surface area contributed by atoms with Gasteiger partial charge in [-0.2, -0.15) is 4.99 Å². The molecule has 0 saturated heterocycles. The summed E-state index contributed by atoms with van der Waals surface area (Å²) >= 11 is 0.974. The summed E-state index contributed by atoms with van der Waals surface area (Å²) in [6, 6.07) is 26.7. The van der Waals surface area contributed by atoms with Crippen LogP contribution in [0.3, 0.4) is 0 Å². The molecule has 246 valence electrons. The van der Waals surface area contributed by atoms with Crippen LogP contribution >= 0.6 is 11.8 Å². The summed E-state index contributed by atoms with van der Waals surface area (Å²) in [5.41, 5.74) is 3.51. The van der Waals surface area contributed by atoms with Gasteiger partial charge in [0, 0.05) is 11.3 Å². The molecular formula is C39H33N3O6S. The number of nitrogens with one attached hydrogen (secondary N) is 1. The molecule has 1 aliphatic rings. The van der Waals surface area contributed by atoms with Crippen LogP contribution in [0, 0.1) is 6.92 Å². The van der Waals surface area contributed by atoms with Crippen molar-refractivity contribution in [3.05, 3.63) is 161 Å². The third-order valence-electron chi connectivity index (χ3n) is 7.57. The lowest BCUT2D eigenvalue weighted by Crippen LogP contribution is -2.42. The first-order valence-electron chi connectivity index (χ1n) is 15.3. The minimum Gasteiger partial charge on any atom is -0.478 e. The maximum atomic E-state index is 14.0. The van der Waals surface area contributed by atoms with E-state index >= 15 is 0 Å². The van der Waals surface area contributed by atoms with Gasteiger partial charge in [-0.05, 0) is 67.0 Å². The molecule has 0 bridgehead atoms.